The maximum atomic E-state index is 13.3. The van der Waals surface area contributed by atoms with E-state index < -0.39 is 17.6 Å². The number of hydrogen-bond acceptors (Lipinski definition) is 2. The Hall–Kier alpha value is -2.57. The Labute approximate surface area is 145 Å². The van der Waals surface area contributed by atoms with Crippen LogP contribution in [-0.4, -0.2) is 16.8 Å². The standard InChI is InChI=1S/C16H10Cl2FN3O2/c17-9-3-1-2-8(6-9)15(23)21-22-16(24)14-13(18)11-7-10(19)4-5-12(11)20-14/h1-7,20H,(H,21,23)(H,22,24). The van der Waals surface area contributed by atoms with Crippen molar-refractivity contribution < 1.29 is 14.0 Å². The van der Waals surface area contributed by atoms with E-state index in [1.807, 2.05) is 0 Å². The van der Waals surface area contributed by atoms with E-state index in [4.69, 9.17) is 23.2 Å². The minimum atomic E-state index is -0.660. The van der Waals surface area contributed by atoms with E-state index in [2.05, 4.69) is 15.8 Å². The first-order valence-corrected chi connectivity index (χ1v) is 7.54. The molecular weight excluding hydrogens is 356 g/mol. The van der Waals surface area contributed by atoms with Crippen LogP contribution in [0.3, 0.4) is 0 Å². The summed E-state index contributed by atoms with van der Waals surface area (Å²) in [6, 6.07) is 10.2. The van der Waals surface area contributed by atoms with Gasteiger partial charge < -0.3 is 4.98 Å². The number of rotatable bonds is 2. The van der Waals surface area contributed by atoms with Crippen molar-refractivity contribution in [3.63, 3.8) is 0 Å². The van der Waals surface area contributed by atoms with Crippen molar-refractivity contribution in [3.8, 4) is 0 Å². The summed E-state index contributed by atoms with van der Waals surface area (Å²) in [5.41, 5.74) is 5.31. The molecule has 3 aromatic rings. The second-order valence-electron chi connectivity index (χ2n) is 4.92. The highest BCUT2D eigenvalue weighted by atomic mass is 35.5. The smallest absolute Gasteiger partial charge is 0.287 e. The molecule has 2 amide bonds. The van der Waals surface area contributed by atoms with E-state index >= 15 is 0 Å². The molecule has 1 heterocycles. The summed E-state index contributed by atoms with van der Waals surface area (Å²) in [5, 5.41) is 0.844. The summed E-state index contributed by atoms with van der Waals surface area (Å²) in [5.74, 6) is -1.67. The summed E-state index contributed by atoms with van der Waals surface area (Å²) in [4.78, 5) is 26.9. The van der Waals surface area contributed by atoms with Crippen LogP contribution in [0.15, 0.2) is 42.5 Å². The highest BCUT2D eigenvalue weighted by Crippen LogP contribution is 2.27. The summed E-state index contributed by atoms with van der Waals surface area (Å²) >= 11 is 11.9. The van der Waals surface area contributed by atoms with Crippen molar-refractivity contribution in [3.05, 3.63) is 69.6 Å². The zero-order valence-electron chi connectivity index (χ0n) is 12.0. The average Bonchev–Trinajstić information content (AvgIpc) is 2.89. The third-order valence-electron chi connectivity index (χ3n) is 3.30. The van der Waals surface area contributed by atoms with Crippen LogP contribution in [0, 0.1) is 5.82 Å². The average molecular weight is 366 g/mol. The number of hydrogen-bond donors (Lipinski definition) is 3. The van der Waals surface area contributed by atoms with Gasteiger partial charge in [-0.2, -0.15) is 0 Å². The Morgan fingerprint density at radius 2 is 1.75 bits per heavy atom. The molecule has 0 spiro atoms. The number of amides is 2. The minimum Gasteiger partial charge on any atom is -0.349 e. The molecule has 0 aliphatic carbocycles. The Kier molecular flexibility index (Phi) is 4.42. The third-order valence-corrected chi connectivity index (χ3v) is 3.93. The lowest BCUT2D eigenvalue weighted by Gasteiger charge is -2.07. The SMILES string of the molecule is O=C(NNC(=O)c1[nH]c2ccc(F)cc2c1Cl)c1cccc(Cl)c1. The van der Waals surface area contributed by atoms with E-state index in [0.29, 0.717) is 15.9 Å². The van der Waals surface area contributed by atoms with Crippen LogP contribution in [-0.2, 0) is 0 Å². The molecule has 1 aromatic heterocycles. The third kappa shape index (κ3) is 3.20. The van der Waals surface area contributed by atoms with Gasteiger partial charge in [0.05, 0.1) is 5.02 Å². The van der Waals surface area contributed by atoms with E-state index in [1.165, 1.54) is 24.3 Å². The van der Waals surface area contributed by atoms with E-state index in [9.17, 15) is 14.0 Å². The van der Waals surface area contributed by atoms with E-state index in [0.717, 1.165) is 0 Å². The Morgan fingerprint density at radius 1 is 1.00 bits per heavy atom. The van der Waals surface area contributed by atoms with Gasteiger partial charge in [-0.25, -0.2) is 4.39 Å². The zero-order chi connectivity index (χ0) is 17.3. The Morgan fingerprint density at radius 3 is 2.50 bits per heavy atom. The number of aromatic nitrogens is 1. The predicted molar refractivity (Wildman–Crippen MR) is 89.7 cm³/mol. The van der Waals surface area contributed by atoms with Crippen LogP contribution in [0.4, 0.5) is 4.39 Å². The molecule has 0 atom stereocenters. The lowest BCUT2D eigenvalue weighted by molar-refractivity contribution is 0.0844. The van der Waals surface area contributed by atoms with Crippen molar-refractivity contribution in [2.45, 2.75) is 0 Å². The molecule has 3 rings (SSSR count). The fraction of sp³-hybridized carbons (Fsp3) is 0. The summed E-state index contributed by atoms with van der Waals surface area (Å²) < 4.78 is 13.3. The van der Waals surface area contributed by atoms with Gasteiger partial charge in [0.1, 0.15) is 11.5 Å². The predicted octanol–water partition coefficient (Wildman–Crippen LogP) is 3.69. The number of fused-ring (bicyclic) bond motifs is 1. The number of H-pyrrole nitrogens is 1. The van der Waals surface area contributed by atoms with Crippen LogP contribution < -0.4 is 10.9 Å². The highest BCUT2D eigenvalue weighted by molar-refractivity contribution is 6.38. The number of benzene rings is 2. The van der Waals surface area contributed by atoms with E-state index in [-0.39, 0.29) is 16.3 Å². The minimum absolute atomic E-state index is 0.0173. The van der Waals surface area contributed by atoms with Crippen LogP contribution in [0.5, 0.6) is 0 Å². The van der Waals surface area contributed by atoms with Crippen LogP contribution >= 0.6 is 23.2 Å². The monoisotopic (exact) mass is 365 g/mol. The van der Waals surface area contributed by atoms with Crippen molar-refractivity contribution in [2.75, 3.05) is 0 Å². The van der Waals surface area contributed by atoms with Gasteiger partial charge in [-0.05, 0) is 36.4 Å². The maximum absolute atomic E-state index is 13.3. The molecular formula is C16H10Cl2FN3O2. The van der Waals surface area contributed by atoms with Crippen LogP contribution in [0.2, 0.25) is 10.0 Å². The van der Waals surface area contributed by atoms with Gasteiger partial charge in [-0.1, -0.05) is 29.3 Å². The van der Waals surface area contributed by atoms with Gasteiger partial charge in [-0.3, -0.25) is 20.4 Å². The number of nitrogens with one attached hydrogen (secondary N) is 3. The topological polar surface area (TPSA) is 74.0 Å². The number of aromatic amines is 1. The lowest BCUT2D eigenvalue weighted by Crippen LogP contribution is -2.41. The Balaban J connectivity index is 1.76. The first kappa shape index (κ1) is 16.3. The quantitative estimate of drug-likeness (QED) is 0.606. The highest BCUT2D eigenvalue weighted by Gasteiger charge is 2.17. The first-order chi connectivity index (χ1) is 11.5. The van der Waals surface area contributed by atoms with Gasteiger partial charge in [0.15, 0.2) is 0 Å². The zero-order valence-corrected chi connectivity index (χ0v) is 13.5. The molecule has 0 unspecified atom stereocenters. The molecule has 8 heteroatoms. The summed E-state index contributed by atoms with van der Waals surface area (Å²) in [7, 11) is 0. The molecule has 0 radical (unpaired) electrons. The molecule has 5 nitrogen and oxygen atoms in total. The Bertz CT molecular complexity index is 956. The maximum Gasteiger partial charge on any atom is 0.287 e. The number of hydrazine groups is 1. The molecule has 0 aliphatic heterocycles. The van der Waals surface area contributed by atoms with Gasteiger partial charge in [0, 0.05) is 21.5 Å². The molecule has 24 heavy (non-hydrogen) atoms. The number of carbonyl (C=O) groups excluding carboxylic acids is 2. The van der Waals surface area contributed by atoms with Crippen molar-refractivity contribution in [1.82, 2.24) is 15.8 Å². The molecule has 0 saturated carbocycles. The number of carbonyl (C=O) groups is 2. The molecule has 0 aliphatic rings. The largest absolute Gasteiger partial charge is 0.349 e. The summed E-state index contributed by atoms with van der Waals surface area (Å²) in [6.07, 6.45) is 0. The molecule has 3 N–H and O–H groups in total. The molecule has 122 valence electrons. The lowest BCUT2D eigenvalue weighted by atomic mass is 10.2. The number of halogens is 3. The van der Waals surface area contributed by atoms with Crippen molar-refractivity contribution in [2.24, 2.45) is 0 Å². The molecule has 2 aromatic carbocycles. The van der Waals surface area contributed by atoms with E-state index in [1.54, 1.807) is 18.2 Å². The first-order valence-electron chi connectivity index (χ1n) is 6.78. The molecule has 0 bridgehead atoms. The second-order valence-corrected chi connectivity index (χ2v) is 5.74. The van der Waals surface area contributed by atoms with Gasteiger partial charge in [0.2, 0.25) is 0 Å². The second kappa shape index (κ2) is 6.51. The van der Waals surface area contributed by atoms with Crippen LogP contribution in [0.25, 0.3) is 10.9 Å². The fourth-order valence-electron chi connectivity index (χ4n) is 2.17. The van der Waals surface area contributed by atoms with Gasteiger partial charge >= 0.3 is 0 Å². The fourth-order valence-corrected chi connectivity index (χ4v) is 2.65. The normalized spacial score (nSPS) is 10.6. The van der Waals surface area contributed by atoms with Crippen molar-refractivity contribution >= 4 is 45.9 Å². The molecule has 0 fully saturated rings. The van der Waals surface area contributed by atoms with Crippen LogP contribution in [0.1, 0.15) is 20.8 Å². The summed E-state index contributed by atoms with van der Waals surface area (Å²) in [6.45, 7) is 0. The van der Waals surface area contributed by atoms with Crippen molar-refractivity contribution in [1.29, 1.82) is 0 Å². The van der Waals surface area contributed by atoms with Gasteiger partial charge in [-0.15, -0.1) is 0 Å². The van der Waals surface area contributed by atoms with Gasteiger partial charge in [0.25, 0.3) is 11.8 Å². The molecule has 0 saturated heterocycles.